The van der Waals surface area contributed by atoms with Crippen molar-refractivity contribution in [2.24, 2.45) is 5.92 Å². The Morgan fingerprint density at radius 1 is 1.29 bits per heavy atom. The van der Waals surface area contributed by atoms with Gasteiger partial charge in [-0.3, -0.25) is 0 Å². The summed E-state index contributed by atoms with van der Waals surface area (Å²) in [5.41, 5.74) is 1.61. The number of likely N-dealkylation sites (N-methyl/N-ethyl adjacent to an activating group) is 1. The van der Waals surface area contributed by atoms with Gasteiger partial charge < -0.3 is 4.90 Å². The van der Waals surface area contributed by atoms with Gasteiger partial charge in [0.05, 0.1) is 0 Å². The number of hydrogen-bond donors (Lipinski definition) is 0. The molecule has 0 amide bonds. The highest BCUT2D eigenvalue weighted by molar-refractivity contribution is 5.25. The molecule has 0 aromatic rings. The summed E-state index contributed by atoms with van der Waals surface area (Å²) in [7, 11) is 0. The van der Waals surface area contributed by atoms with Crippen molar-refractivity contribution in [1.82, 2.24) is 4.90 Å². The molecule has 1 nitrogen and oxygen atoms in total. The third kappa shape index (κ3) is 2.20. The molecule has 1 fully saturated rings. The van der Waals surface area contributed by atoms with E-state index in [9.17, 15) is 0 Å². The van der Waals surface area contributed by atoms with Crippen molar-refractivity contribution in [3.8, 4) is 0 Å². The normalized spacial score (nSPS) is 23.8. The third-order valence-electron chi connectivity index (χ3n) is 3.52. The summed E-state index contributed by atoms with van der Waals surface area (Å²) in [6.45, 7) is 4.47. The summed E-state index contributed by atoms with van der Waals surface area (Å²) in [5.74, 6) is 0.874. The van der Waals surface area contributed by atoms with E-state index in [1.165, 1.54) is 32.1 Å². The second-order valence-corrected chi connectivity index (χ2v) is 4.44. The molecule has 2 aliphatic rings. The van der Waals surface area contributed by atoms with Crippen molar-refractivity contribution < 1.29 is 0 Å². The first-order valence-corrected chi connectivity index (χ1v) is 6.02. The zero-order valence-electron chi connectivity index (χ0n) is 9.21. The van der Waals surface area contributed by atoms with Crippen molar-refractivity contribution in [2.45, 2.75) is 39.0 Å². The lowest BCUT2D eigenvalue weighted by atomic mass is 9.83. The lowest BCUT2D eigenvalue weighted by molar-refractivity contribution is 0.391. The molecule has 0 saturated heterocycles. The minimum Gasteiger partial charge on any atom is -0.374 e. The first-order valence-electron chi connectivity index (χ1n) is 6.02. The predicted molar refractivity (Wildman–Crippen MR) is 61.0 cm³/mol. The summed E-state index contributed by atoms with van der Waals surface area (Å²) in [4.78, 5) is 2.35. The molecule has 0 aromatic heterocycles. The molecular formula is C13H21N. The van der Waals surface area contributed by atoms with Gasteiger partial charge in [0.15, 0.2) is 0 Å². The van der Waals surface area contributed by atoms with Crippen LogP contribution in [0.1, 0.15) is 39.0 Å². The fourth-order valence-electron chi connectivity index (χ4n) is 2.52. The zero-order chi connectivity index (χ0) is 9.80. The molecule has 0 aromatic carbocycles. The molecule has 0 radical (unpaired) electrons. The molecule has 0 N–H and O–H groups in total. The monoisotopic (exact) mass is 191 g/mol. The van der Waals surface area contributed by atoms with Gasteiger partial charge in [-0.1, -0.05) is 25.3 Å². The summed E-state index contributed by atoms with van der Waals surface area (Å²) >= 11 is 0. The Morgan fingerprint density at radius 3 is 2.64 bits per heavy atom. The van der Waals surface area contributed by atoms with Crippen molar-refractivity contribution in [1.29, 1.82) is 0 Å². The van der Waals surface area contributed by atoms with Crippen molar-refractivity contribution in [2.75, 3.05) is 13.1 Å². The van der Waals surface area contributed by atoms with E-state index in [4.69, 9.17) is 0 Å². The minimum atomic E-state index is 0.874. The Bertz CT molecular complexity index is 234. The molecule has 2 rings (SSSR count). The molecule has 0 bridgehead atoms. The quantitative estimate of drug-likeness (QED) is 0.647. The van der Waals surface area contributed by atoms with E-state index in [0.29, 0.717) is 0 Å². The lowest BCUT2D eigenvalue weighted by Crippen LogP contribution is -2.21. The molecule has 1 saturated carbocycles. The molecule has 0 spiro atoms. The molecule has 0 atom stereocenters. The van der Waals surface area contributed by atoms with E-state index >= 15 is 0 Å². The second kappa shape index (κ2) is 4.68. The Balaban J connectivity index is 1.92. The van der Waals surface area contributed by atoms with Crippen molar-refractivity contribution >= 4 is 0 Å². The van der Waals surface area contributed by atoms with Gasteiger partial charge in [0, 0.05) is 13.1 Å². The molecule has 1 heteroatoms. The van der Waals surface area contributed by atoms with E-state index < -0.39 is 0 Å². The number of nitrogens with zero attached hydrogens (tertiary/aromatic N) is 1. The van der Waals surface area contributed by atoms with Crippen LogP contribution in [0.2, 0.25) is 0 Å². The number of hydrogen-bond acceptors (Lipinski definition) is 1. The molecule has 1 aliphatic heterocycles. The lowest BCUT2D eigenvalue weighted by Gasteiger charge is -2.27. The van der Waals surface area contributed by atoms with Gasteiger partial charge in [0.25, 0.3) is 0 Å². The van der Waals surface area contributed by atoms with Gasteiger partial charge in [0.1, 0.15) is 0 Å². The molecule has 1 aliphatic carbocycles. The first kappa shape index (κ1) is 9.82. The molecular weight excluding hydrogens is 170 g/mol. The topological polar surface area (TPSA) is 3.24 Å². The third-order valence-corrected chi connectivity index (χ3v) is 3.52. The average Bonchev–Trinajstić information content (AvgIpc) is 2.30. The highest BCUT2D eigenvalue weighted by Crippen LogP contribution is 2.31. The molecule has 0 unspecified atom stereocenters. The maximum atomic E-state index is 2.43. The van der Waals surface area contributed by atoms with Gasteiger partial charge in [-0.25, -0.2) is 0 Å². The number of allylic oxidation sites excluding steroid dienone is 2. The van der Waals surface area contributed by atoms with Crippen LogP contribution in [-0.2, 0) is 0 Å². The zero-order valence-corrected chi connectivity index (χ0v) is 9.21. The number of rotatable bonds is 2. The van der Waals surface area contributed by atoms with E-state index in [1.54, 1.807) is 5.57 Å². The van der Waals surface area contributed by atoms with E-state index in [0.717, 1.165) is 19.0 Å². The van der Waals surface area contributed by atoms with E-state index in [2.05, 4.69) is 30.2 Å². The predicted octanol–water partition coefficient (Wildman–Crippen LogP) is 3.34. The van der Waals surface area contributed by atoms with Crippen LogP contribution in [0.15, 0.2) is 23.9 Å². The smallest absolute Gasteiger partial charge is 0.0359 e. The summed E-state index contributed by atoms with van der Waals surface area (Å²) in [5, 5.41) is 0. The summed E-state index contributed by atoms with van der Waals surface area (Å²) in [6, 6.07) is 0. The van der Waals surface area contributed by atoms with Crippen LogP contribution in [-0.4, -0.2) is 18.0 Å². The van der Waals surface area contributed by atoms with Gasteiger partial charge in [-0.15, -0.1) is 0 Å². The maximum Gasteiger partial charge on any atom is 0.0359 e. The molecule has 14 heavy (non-hydrogen) atoms. The van der Waals surface area contributed by atoms with Gasteiger partial charge >= 0.3 is 0 Å². The standard InChI is InChI=1S/C13H21N/c1-2-14-10-8-13(9-11-14)12-6-4-3-5-7-12/h8-10,12H,2-7,11H2,1H3. The van der Waals surface area contributed by atoms with Crippen LogP contribution in [0.4, 0.5) is 0 Å². The maximum absolute atomic E-state index is 2.43. The van der Waals surface area contributed by atoms with Gasteiger partial charge in [0.2, 0.25) is 0 Å². The molecule has 1 heterocycles. The average molecular weight is 191 g/mol. The Kier molecular flexibility index (Phi) is 3.28. The second-order valence-electron chi connectivity index (χ2n) is 4.44. The van der Waals surface area contributed by atoms with Crippen molar-refractivity contribution in [3.63, 3.8) is 0 Å². The van der Waals surface area contributed by atoms with Crippen LogP contribution in [0, 0.1) is 5.92 Å². The summed E-state index contributed by atoms with van der Waals surface area (Å²) in [6.07, 6.45) is 14.2. The molecule has 78 valence electrons. The Labute approximate surface area is 87.5 Å². The van der Waals surface area contributed by atoms with Crippen LogP contribution in [0.5, 0.6) is 0 Å². The highest BCUT2D eigenvalue weighted by atomic mass is 15.1. The summed E-state index contributed by atoms with van der Waals surface area (Å²) < 4.78 is 0. The van der Waals surface area contributed by atoms with Gasteiger partial charge in [-0.2, -0.15) is 0 Å². The minimum absolute atomic E-state index is 0.874. The fraction of sp³-hybridized carbons (Fsp3) is 0.692. The van der Waals surface area contributed by atoms with Crippen LogP contribution < -0.4 is 0 Å². The van der Waals surface area contributed by atoms with Crippen LogP contribution in [0.3, 0.4) is 0 Å². The first-order chi connectivity index (χ1) is 6.90. The van der Waals surface area contributed by atoms with Crippen molar-refractivity contribution in [3.05, 3.63) is 23.9 Å². The van der Waals surface area contributed by atoms with E-state index in [-0.39, 0.29) is 0 Å². The SMILES string of the molecule is CCN1C=CC(C2CCCCC2)=CC1. The van der Waals surface area contributed by atoms with Gasteiger partial charge in [-0.05, 0) is 43.5 Å². The highest BCUT2D eigenvalue weighted by Gasteiger charge is 2.17. The van der Waals surface area contributed by atoms with Crippen LogP contribution in [0.25, 0.3) is 0 Å². The Hall–Kier alpha value is -0.720. The Morgan fingerprint density at radius 2 is 2.07 bits per heavy atom. The van der Waals surface area contributed by atoms with Crippen LogP contribution >= 0.6 is 0 Å². The fourth-order valence-corrected chi connectivity index (χ4v) is 2.52. The van der Waals surface area contributed by atoms with E-state index in [1.807, 2.05) is 0 Å². The largest absolute Gasteiger partial charge is 0.374 e.